The molecule has 19 heavy (non-hydrogen) atoms. The highest BCUT2D eigenvalue weighted by atomic mass is 32.2. The fourth-order valence-corrected chi connectivity index (χ4v) is 4.15. The summed E-state index contributed by atoms with van der Waals surface area (Å²) in [6.45, 7) is 0. The summed E-state index contributed by atoms with van der Waals surface area (Å²) in [6, 6.07) is 18.5. The molecule has 1 nitrogen and oxygen atoms in total. The van der Waals surface area contributed by atoms with Crippen molar-refractivity contribution >= 4 is 23.0 Å². The largest absolute Gasteiger partial charge is 0.399 e. The molecule has 2 aromatic carbocycles. The summed E-state index contributed by atoms with van der Waals surface area (Å²) in [5.74, 6) is 0. The van der Waals surface area contributed by atoms with E-state index in [1.165, 1.54) is 21.6 Å². The van der Waals surface area contributed by atoms with Crippen molar-refractivity contribution in [1.82, 2.24) is 0 Å². The maximum absolute atomic E-state index is 5.79. The molecule has 1 heterocycles. The maximum atomic E-state index is 5.79. The molecule has 0 amide bonds. The van der Waals surface area contributed by atoms with Gasteiger partial charge in [-0.2, -0.15) is 0 Å². The quantitative estimate of drug-likeness (QED) is 0.790. The zero-order valence-corrected chi connectivity index (χ0v) is 11.0. The molecule has 4 rings (SSSR count). The summed E-state index contributed by atoms with van der Waals surface area (Å²) < 4.78 is -0.109. The third-order valence-electron chi connectivity index (χ3n) is 3.64. The van der Waals surface area contributed by atoms with Crippen molar-refractivity contribution in [3.63, 3.8) is 0 Å². The fraction of sp³-hybridized carbons (Fsp3) is 0.0588. The first-order valence-electron chi connectivity index (χ1n) is 6.17. The summed E-state index contributed by atoms with van der Waals surface area (Å²) in [5, 5.41) is 0. The lowest BCUT2D eigenvalue weighted by atomic mass is 9.89. The van der Waals surface area contributed by atoms with Gasteiger partial charge in [0.2, 0.25) is 0 Å². The number of hydrogen-bond acceptors (Lipinski definition) is 2. The van der Waals surface area contributed by atoms with E-state index in [0.717, 1.165) is 5.69 Å². The average molecular weight is 261 g/mol. The van der Waals surface area contributed by atoms with Crippen molar-refractivity contribution in [1.29, 1.82) is 0 Å². The minimum Gasteiger partial charge on any atom is -0.399 e. The van der Waals surface area contributed by atoms with Crippen LogP contribution in [0, 0.1) is 12.1 Å². The molecule has 0 bridgehead atoms. The minimum atomic E-state index is -0.109. The number of nitrogen functional groups attached to an aromatic ring is 1. The van der Waals surface area contributed by atoms with Crippen LogP contribution in [0.25, 0.3) is 5.57 Å². The number of hydrogen-bond donors (Lipinski definition) is 1. The van der Waals surface area contributed by atoms with Crippen LogP contribution in [0.4, 0.5) is 5.69 Å². The van der Waals surface area contributed by atoms with Gasteiger partial charge in [-0.3, -0.25) is 0 Å². The van der Waals surface area contributed by atoms with Crippen molar-refractivity contribution in [2.24, 2.45) is 0 Å². The molecule has 0 spiro atoms. The molecule has 0 radical (unpaired) electrons. The Labute approximate surface area is 116 Å². The van der Waals surface area contributed by atoms with E-state index in [2.05, 4.69) is 48.6 Å². The standard InChI is InChI=1S/C17H11NS/c18-13-9-7-12(8-10-13)17-11-3-5-15(17)14-4-1-2-6-16(14)19-17/h2-3,5-11H,18H2. The molecule has 0 aromatic heterocycles. The van der Waals surface area contributed by atoms with Crippen LogP contribution in [0.15, 0.2) is 59.5 Å². The van der Waals surface area contributed by atoms with Gasteiger partial charge in [-0.05, 0) is 35.4 Å². The molecule has 0 fully saturated rings. The molecule has 90 valence electrons. The lowest BCUT2D eigenvalue weighted by Crippen LogP contribution is -2.14. The number of allylic oxidation sites excluding steroid dienone is 2. The highest BCUT2D eigenvalue weighted by Gasteiger charge is 2.44. The van der Waals surface area contributed by atoms with E-state index < -0.39 is 0 Å². The molecule has 1 aliphatic heterocycles. The van der Waals surface area contributed by atoms with Crippen LogP contribution in [0.1, 0.15) is 11.1 Å². The average Bonchev–Trinajstić information content (AvgIpc) is 2.96. The molecule has 0 saturated carbocycles. The van der Waals surface area contributed by atoms with Gasteiger partial charge in [-0.1, -0.05) is 42.5 Å². The van der Waals surface area contributed by atoms with Crippen molar-refractivity contribution in [2.75, 3.05) is 5.73 Å². The number of rotatable bonds is 1. The van der Waals surface area contributed by atoms with Gasteiger partial charge in [0.1, 0.15) is 0 Å². The Morgan fingerprint density at radius 3 is 2.79 bits per heavy atom. The van der Waals surface area contributed by atoms with E-state index in [0.29, 0.717) is 0 Å². The zero-order valence-electron chi connectivity index (χ0n) is 10.2. The summed E-state index contributed by atoms with van der Waals surface area (Å²) in [7, 11) is 0. The maximum Gasteiger partial charge on any atom is 0.0900 e. The molecule has 2 N–H and O–H groups in total. The second kappa shape index (κ2) is 3.69. The van der Waals surface area contributed by atoms with Gasteiger partial charge in [0.05, 0.1) is 4.75 Å². The van der Waals surface area contributed by atoms with Crippen LogP contribution in [0.2, 0.25) is 0 Å². The first kappa shape index (κ1) is 10.8. The van der Waals surface area contributed by atoms with Crippen LogP contribution in [-0.2, 0) is 4.75 Å². The SMILES string of the molecule is Nc1ccc(C23C=CC=C2c2c#cccc2S3)cc1. The second-order valence-electron chi connectivity index (χ2n) is 4.74. The highest BCUT2D eigenvalue weighted by molar-refractivity contribution is 8.01. The Balaban J connectivity index is 1.91. The lowest BCUT2D eigenvalue weighted by Gasteiger charge is -2.24. The van der Waals surface area contributed by atoms with Gasteiger partial charge < -0.3 is 5.73 Å². The number of nitrogens with two attached hydrogens (primary N) is 1. The van der Waals surface area contributed by atoms with E-state index in [1.54, 1.807) is 0 Å². The van der Waals surface area contributed by atoms with Crippen molar-refractivity contribution in [3.8, 4) is 0 Å². The number of fused-ring (bicyclic) bond motifs is 3. The lowest BCUT2D eigenvalue weighted by molar-refractivity contribution is 1.05. The van der Waals surface area contributed by atoms with E-state index >= 15 is 0 Å². The van der Waals surface area contributed by atoms with Gasteiger partial charge in [-0.15, -0.1) is 11.8 Å². The summed E-state index contributed by atoms with van der Waals surface area (Å²) >= 11 is 1.87. The number of anilines is 1. The first-order valence-corrected chi connectivity index (χ1v) is 6.99. The van der Waals surface area contributed by atoms with Crippen molar-refractivity contribution in [3.05, 3.63) is 77.9 Å². The molecule has 1 atom stereocenters. The van der Waals surface area contributed by atoms with Gasteiger partial charge in [0.25, 0.3) is 0 Å². The topological polar surface area (TPSA) is 26.0 Å². The summed E-state index contributed by atoms with van der Waals surface area (Å²) in [6.07, 6.45) is 6.56. The molecule has 2 heteroatoms. The molecule has 1 unspecified atom stereocenters. The molecule has 2 aliphatic rings. The summed E-state index contributed by atoms with van der Waals surface area (Å²) in [4.78, 5) is 1.27. The normalized spacial score (nSPS) is 22.6. The van der Waals surface area contributed by atoms with E-state index in [4.69, 9.17) is 5.73 Å². The Bertz CT molecular complexity index is 712. The second-order valence-corrected chi connectivity index (χ2v) is 6.03. The highest BCUT2D eigenvalue weighted by Crippen LogP contribution is 2.60. The van der Waals surface area contributed by atoms with Crippen LogP contribution in [-0.4, -0.2) is 0 Å². The number of thioether (sulfide) groups is 1. The first-order chi connectivity index (χ1) is 9.29. The molecule has 2 aromatic rings. The van der Waals surface area contributed by atoms with Crippen LogP contribution < -0.4 is 5.73 Å². The zero-order chi connectivity index (χ0) is 12.9. The minimum absolute atomic E-state index is 0.109. The predicted molar refractivity (Wildman–Crippen MR) is 79.6 cm³/mol. The fourth-order valence-electron chi connectivity index (χ4n) is 2.73. The van der Waals surface area contributed by atoms with Crippen LogP contribution in [0.3, 0.4) is 0 Å². The van der Waals surface area contributed by atoms with Crippen LogP contribution in [0.5, 0.6) is 0 Å². The number of benzene rings is 1. The summed E-state index contributed by atoms with van der Waals surface area (Å²) in [5.41, 5.74) is 10.3. The van der Waals surface area contributed by atoms with Gasteiger partial charge >= 0.3 is 0 Å². The monoisotopic (exact) mass is 261 g/mol. The Hall–Kier alpha value is -2.11. The van der Waals surface area contributed by atoms with Gasteiger partial charge in [0, 0.05) is 16.1 Å². The molecule has 1 aliphatic carbocycles. The third kappa shape index (κ3) is 1.39. The van der Waals surface area contributed by atoms with Gasteiger partial charge in [-0.25, -0.2) is 0 Å². The van der Waals surface area contributed by atoms with Crippen molar-refractivity contribution in [2.45, 2.75) is 9.64 Å². The third-order valence-corrected chi connectivity index (χ3v) is 5.11. The predicted octanol–water partition coefficient (Wildman–Crippen LogP) is 3.82. The van der Waals surface area contributed by atoms with E-state index in [9.17, 15) is 0 Å². The van der Waals surface area contributed by atoms with Crippen molar-refractivity contribution < 1.29 is 0 Å². The van der Waals surface area contributed by atoms with E-state index in [-0.39, 0.29) is 4.75 Å². The Kier molecular flexibility index (Phi) is 2.09. The van der Waals surface area contributed by atoms with E-state index in [1.807, 2.05) is 30.0 Å². The Morgan fingerprint density at radius 2 is 1.95 bits per heavy atom. The Morgan fingerprint density at radius 1 is 1.11 bits per heavy atom. The molecular weight excluding hydrogens is 250 g/mol. The smallest absolute Gasteiger partial charge is 0.0900 e. The van der Waals surface area contributed by atoms with Gasteiger partial charge in [0.15, 0.2) is 0 Å². The van der Waals surface area contributed by atoms with Crippen LogP contribution >= 0.6 is 11.8 Å². The molecule has 0 saturated heterocycles. The molecular formula is C17H11NS.